The Bertz CT molecular complexity index is 1280. The molecule has 12 heteroatoms. The number of carbonyl (C=O) groups excluding carboxylic acids is 5. The van der Waals surface area contributed by atoms with E-state index in [0.717, 1.165) is 0 Å². The Morgan fingerprint density at radius 1 is 0.683 bits per heavy atom. The highest BCUT2D eigenvalue weighted by molar-refractivity contribution is 5.94. The Kier molecular flexibility index (Phi) is 12.4. The Hall–Kier alpha value is -4.81. The molecule has 0 spiro atoms. The fourth-order valence-electron chi connectivity index (χ4n) is 2.80. The predicted molar refractivity (Wildman–Crippen MR) is 142 cm³/mol. The third-order valence-electron chi connectivity index (χ3n) is 5.05. The number of esters is 5. The highest BCUT2D eigenvalue weighted by Crippen LogP contribution is 2.16. The molecule has 0 heterocycles. The second-order valence-electron chi connectivity index (χ2n) is 8.71. The van der Waals surface area contributed by atoms with Gasteiger partial charge in [0.1, 0.15) is 31.7 Å². The van der Waals surface area contributed by atoms with Crippen LogP contribution in [0.1, 0.15) is 44.9 Å². The van der Waals surface area contributed by atoms with Crippen LogP contribution in [-0.2, 0) is 28.5 Å². The van der Waals surface area contributed by atoms with Crippen LogP contribution in [0.4, 0.5) is 0 Å². The summed E-state index contributed by atoms with van der Waals surface area (Å²) < 4.78 is 25.0. The summed E-state index contributed by atoms with van der Waals surface area (Å²) in [5.41, 5.74) is 0.637. The van der Waals surface area contributed by atoms with Crippen molar-refractivity contribution in [3.8, 4) is 5.75 Å². The second-order valence-corrected chi connectivity index (χ2v) is 8.71. The quantitative estimate of drug-likeness (QED) is 0.147. The lowest BCUT2D eigenvalue weighted by atomic mass is 10.1. The van der Waals surface area contributed by atoms with Crippen molar-refractivity contribution in [2.75, 3.05) is 26.4 Å². The fraction of sp³-hybridized carbons (Fsp3) is 0.276. The summed E-state index contributed by atoms with van der Waals surface area (Å²) in [7, 11) is 0. The van der Waals surface area contributed by atoms with Crippen molar-refractivity contribution in [1.82, 2.24) is 0 Å². The van der Waals surface area contributed by atoms with E-state index >= 15 is 0 Å². The lowest BCUT2D eigenvalue weighted by Gasteiger charge is -2.16. The molecular weight excluding hydrogens is 540 g/mol. The van der Waals surface area contributed by atoms with Gasteiger partial charge in [0.25, 0.3) is 0 Å². The van der Waals surface area contributed by atoms with Gasteiger partial charge in [-0.15, -0.1) is 0 Å². The zero-order chi connectivity index (χ0) is 30.5. The van der Waals surface area contributed by atoms with Crippen LogP contribution < -0.4 is 4.74 Å². The van der Waals surface area contributed by atoms with Gasteiger partial charge in [0.2, 0.25) is 0 Å². The molecule has 0 radical (unpaired) electrons. The maximum atomic E-state index is 12.5. The Morgan fingerprint density at radius 2 is 1.12 bits per heavy atom. The summed E-state index contributed by atoms with van der Waals surface area (Å²) in [4.78, 5) is 59.8. The summed E-state index contributed by atoms with van der Waals surface area (Å²) >= 11 is 0. The zero-order valence-corrected chi connectivity index (χ0v) is 22.5. The summed E-state index contributed by atoms with van der Waals surface area (Å²) in [6.45, 7) is 8.03. The predicted octanol–water partition coefficient (Wildman–Crippen LogP) is 2.18. The van der Waals surface area contributed by atoms with Crippen LogP contribution in [0.15, 0.2) is 72.8 Å². The number of hydrogen-bond acceptors (Lipinski definition) is 12. The summed E-state index contributed by atoms with van der Waals surface area (Å²) in [6.07, 6.45) is -2.31. The van der Waals surface area contributed by atoms with Crippen molar-refractivity contribution in [1.29, 1.82) is 0 Å². The van der Waals surface area contributed by atoms with E-state index in [1.165, 1.54) is 62.4 Å². The van der Waals surface area contributed by atoms with Gasteiger partial charge in [-0.25, -0.2) is 24.0 Å². The van der Waals surface area contributed by atoms with Crippen LogP contribution in [0, 0.1) is 0 Å². The average Bonchev–Trinajstić information content (AvgIpc) is 2.96. The van der Waals surface area contributed by atoms with Gasteiger partial charge in [-0.2, -0.15) is 0 Å². The normalized spacial score (nSPS) is 11.8. The van der Waals surface area contributed by atoms with Crippen LogP contribution in [0.3, 0.4) is 0 Å². The molecule has 0 saturated carbocycles. The minimum absolute atomic E-state index is 0.0939. The van der Waals surface area contributed by atoms with Gasteiger partial charge >= 0.3 is 29.8 Å². The molecule has 2 N–H and O–H groups in total. The third kappa shape index (κ3) is 10.7. The van der Waals surface area contributed by atoms with E-state index in [0.29, 0.717) is 0 Å². The number of carbonyl (C=O) groups is 5. The SMILES string of the molecule is C=C(C)C(=O)OCC(O)COC(=O)c1ccc(C(=O)Oc2ccc(C(=O)OC(CO)COC(=O)C(=C)C)cc2)cc1. The first-order valence-corrected chi connectivity index (χ1v) is 12.2. The molecule has 0 aromatic heterocycles. The van der Waals surface area contributed by atoms with Crippen molar-refractivity contribution in [2.45, 2.75) is 26.1 Å². The largest absolute Gasteiger partial charge is 0.459 e. The van der Waals surface area contributed by atoms with Crippen molar-refractivity contribution < 1.29 is 57.9 Å². The molecule has 2 aromatic rings. The van der Waals surface area contributed by atoms with E-state index in [9.17, 15) is 34.2 Å². The van der Waals surface area contributed by atoms with E-state index < -0.39 is 55.3 Å². The molecule has 2 atom stereocenters. The molecule has 0 aliphatic heterocycles. The number of hydrogen-bond donors (Lipinski definition) is 2. The van der Waals surface area contributed by atoms with E-state index in [1.54, 1.807) is 0 Å². The molecule has 0 saturated heterocycles. The lowest BCUT2D eigenvalue weighted by Crippen LogP contribution is -2.28. The van der Waals surface area contributed by atoms with Crippen LogP contribution in [0.2, 0.25) is 0 Å². The zero-order valence-electron chi connectivity index (χ0n) is 22.5. The van der Waals surface area contributed by atoms with Crippen molar-refractivity contribution >= 4 is 29.8 Å². The van der Waals surface area contributed by atoms with Crippen molar-refractivity contribution in [3.05, 3.63) is 89.5 Å². The van der Waals surface area contributed by atoms with Crippen LogP contribution in [0.25, 0.3) is 0 Å². The third-order valence-corrected chi connectivity index (χ3v) is 5.05. The molecule has 2 aromatic carbocycles. The molecule has 2 unspecified atom stereocenters. The van der Waals surface area contributed by atoms with E-state index in [4.69, 9.17) is 23.7 Å². The van der Waals surface area contributed by atoms with Gasteiger partial charge in [0.05, 0.1) is 23.3 Å². The first-order chi connectivity index (χ1) is 19.4. The molecule has 0 bridgehead atoms. The molecular formula is C29H30O12. The number of rotatable bonds is 14. The monoisotopic (exact) mass is 570 g/mol. The Balaban J connectivity index is 1.86. The van der Waals surface area contributed by atoms with Gasteiger partial charge < -0.3 is 33.9 Å². The van der Waals surface area contributed by atoms with Gasteiger partial charge in [0.15, 0.2) is 6.10 Å². The standard InChI is InChI=1S/C29H30O12/c1-17(2)25(32)37-14-22(31)15-38-27(34)19-5-7-20(8-6-19)28(35)40-23-11-9-21(10-12-23)29(36)41-24(13-30)16-39-26(33)18(3)4/h5-12,22,24,30-31H,1,3,13-16H2,2,4H3. The summed E-state index contributed by atoms with van der Waals surface area (Å²) in [5.74, 6) is -3.55. The maximum absolute atomic E-state index is 12.5. The van der Waals surface area contributed by atoms with Crippen molar-refractivity contribution in [2.24, 2.45) is 0 Å². The first-order valence-electron chi connectivity index (χ1n) is 12.2. The molecule has 12 nitrogen and oxygen atoms in total. The average molecular weight is 571 g/mol. The second kappa shape index (κ2) is 15.7. The van der Waals surface area contributed by atoms with E-state index in [1.807, 2.05) is 0 Å². The van der Waals surface area contributed by atoms with Crippen LogP contribution in [-0.4, -0.2) is 78.7 Å². The molecule has 2 rings (SSSR count). The molecule has 0 fully saturated rings. The Morgan fingerprint density at radius 3 is 1.63 bits per heavy atom. The van der Waals surface area contributed by atoms with Gasteiger partial charge in [-0.3, -0.25) is 0 Å². The van der Waals surface area contributed by atoms with Gasteiger partial charge in [0, 0.05) is 11.1 Å². The summed E-state index contributed by atoms with van der Waals surface area (Å²) in [6, 6.07) is 10.7. The fourth-order valence-corrected chi connectivity index (χ4v) is 2.80. The Labute approximate surface area is 235 Å². The summed E-state index contributed by atoms with van der Waals surface area (Å²) in [5, 5.41) is 19.2. The molecule has 218 valence electrons. The first kappa shape index (κ1) is 32.4. The van der Waals surface area contributed by atoms with Crippen LogP contribution >= 0.6 is 0 Å². The highest BCUT2D eigenvalue weighted by Gasteiger charge is 2.19. The van der Waals surface area contributed by atoms with Crippen LogP contribution in [0.5, 0.6) is 5.75 Å². The minimum Gasteiger partial charge on any atom is -0.459 e. The van der Waals surface area contributed by atoms with Crippen molar-refractivity contribution in [3.63, 3.8) is 0 Å². The number of aliphatic hydroxyl groups is 2. The number of benzene rings is 2. The minimum atomic E-state index is -1.23. The van der Waals surface area contributed by atoms with Gasteiger partial charge in [-0.1, -0.05) is 13.2 Å². The van der Waals surface area contributed by atoms with E-state index in [-0.39, 0.29) is 46.8 Å². The maximum Gasteiger partial charge on any atom is 0.343 e. The topological polar surface area (TPSA) is 172 Å². The molecule has 41 heavy (non-hydrogen) atoms. The highest BCUT2D eigenvalue weighted by atomic mass is 16.6. The van der Waals surface area contributed by atoms with Gasteiger partial charge in [-0.05, 0) is 62.4 Å². The molecule has 0 aliphatic carbocycles. The van der Waals surface area contributed by atoms with E-state index in [2.05, 4.69) is 13.2 Å². The number of ether oxygens (including phenoxy) is 5. The lowest BCUT2D eigenvalue weighted by molar-refractivity contribution is -0.143. The number of aliphatic hydroxyl groups excluding tert-OH is 2. The smallest absolute Gasteiger partial charge is 0.343 e. The molecule has 0 amide bonds. The molecule has 0 aliphatic rings.